The minimum absolute atomic E-state index is 0.382. The van der Waals surface area contributed by atoms with E-state index in [1.165, 1.54) is 30.9 Å². The molecule has 0 nitrogen and oxygen atoms in total. The average Bonchev–Trinajstić information content (AvgIpc) is 2.63. The van der Waals surface area contributed by atoms with Gasteiger partial charge in [-0.15, -0.1) is 11.3 Å². The molecule has 2 rings (SSSR count). The van der Waals surface area contributed by atoms with Crippen LogP contribution in [0.5, 0.6) is 0 Å². The zero-order valence-corrected chi connectivity index (χ0v) is 14.7. The molecule has 96 valence electrons. The lowest BCUT2D eigenvalue weighted by molar-refractivity contribution is 0.961. The average molecular weight is 388 g/mol. The second-order valence-electron chi connectivity index (χ2n) is 4.66. The van der Waals surface area contributed by atoms with Crippen molar-refractivity contribution in [3.05, 3.63) is 55.2 Å². The molecule has 1 unspecified atom stereocenters. The van der Waals surface area contributed by atoms with Gasteiger partial charge in [0, 0.05) is 14.2 Å². The fourth-order valence-electron chi connectivity index (χ4n) is 1.94. The Hall–Kier alpha value is -0.120. The van der Waals surface area contributed by atoms with E-state index in [9.17, 15) is 0 Å². The number of hydrogen-bond acceptors (Lipinski definition) is 1. The van der Waals surface area contributed by atoms with Crippen molar-refractivity contribution in [2.75, 3.05) is 0 Å². The lowest BCUT2D eigenvalue weighted by Gasteiger charge is -2.10. The first-order valence-corrected chi connectivity index (χ1v) is 8.46. The molecule has 0 saturated heterocycles. The Kier molecular flexibility index (Phi) is 4.68. The zero-order chi connectivity index (χ0) is 13.3. The maximum absolute atomic E-state index is 3.81. The fraction of sp³-hybridized carbons (Fsp3) is 0.333. The highest BCUT2D eigenvalue weighted by Crippen LogP contribution is 2.38. The fourth-order valence-corrected chi connectivity index (χ4v) is 5.06. The van der Waals surface area contributed by atoms with Crippen molar-refractivity contribution in [3.63, 3.8) is 0 Å². The van der Waals surface area contributed by atoms with Crippen LogP contribution in [0, 0.1) is 20.8 Å². The van der Waals surface area contributed by atoms with Crippen LogP contribution in [0.25, 0.3) is 0 Å². The molecule has 1 aromatic carbocycles. The van der Waals surface area contributed by atoms with E-state index in [-0.39, 0.29) is 0 Å². The molecule has 0 amide bonds. The first-order chi connectivity index (χ1) is 8.47. The van der Waals surface area contributed by atoms with Crippen molar-refractivity contribution in [1.29, 1.82) is 0 Å². The van der Waals surface area contributed by atoms with Gasteiger partial charge in [-0.3, -0.25) is 0 Å². The van der Waals surface area contributed by atoms with E-state index in [1.54, 1.807) is 0 Å². The molecule has 0 bridgehead atoms. The lowest BCUT2D eigenvalue weighted by Crippen LogP contribution is -1.95. The summed E-state index contributed by atoms with van der Waals surface area (Å²) in [6, 6.07) is 8.91. The molecule has 1 aromatic heterocycles. The summed E-state index contributed by atoms with van der Waals surface area (Å²) in [6.45, 7) is 6.48. The maximum Gasteiger partial charge on any atom is 0.0540 e. The molecule has 0 aliphatic heterocycles. The molecule has 18 heavy (non-hydrogen) atoms. The van der Waals surface area contributed by atoms with Crippen molar-refractivity contribution in [3.8, 4) is 0 Å². The van der Waals surface area contributed by atoms with Crippen molar-refractivity contribution >= 4 is 43.2 Å². The minimum atomic E-state index is 0.382. The number of rotatable bonds is 3. The summed E-state index contributed by atoms with van der Waals surface area (Å²) in [7, 11) is 0. The monoisotopic (exact) mass is 386 g/mol. The van der Waals surface area contributed by atoms with Crippen molar-refractivity contribution < 1.29 is 0 Å². The highest BCUT2D eigenvalue weighted by molar-refractivity contribution is 9.11. The lowest BCUT2D eigenvalue weighted by atomic mass is 10.0. The second kappa shape index (κ2) is 5.89. The van der Waals surface area contributed by atoms with Crippen molar-refractivity contribution in [2.45, 2.75) is 32.0 Å². The Bertz CT molecular complexity index is 558. The van der Waals surface area contributed by atoms with Crippen LogP contribution in [-0.4, -0.2) is 0 Å². The highest BCUT2D eigenvalue weighted by Gasteiger charge is 2.15. The largest absolute Gasteiger partial charge is 0.143 e. The van der Waals surface area contributed by atoms with E-state index in [0.29, 0.717) is 4.83 Å². The van der Waals surface area contributed by atoms with E-state index in [1.807, 2.05) is 11.3 Å². The van der Waals surface area contributed by atoms with Crippen LogP contribution >= 0.6 is 43.2 Å². The van der Waals surface area contributed by atoms with Crippen molar-refractivity contribution in [2.24, 2.45) is 0 Å². The molecular weight excluding hydrogens is 372 g/mol. The summed E-state index contributed by atoms with van der Waals surface area (Å²) in [5, 5.41) is 0. The van der Waals surface area contributed by atoms with Gasteiger partial charge in [-0.25, -0.2) is 0 Å². The maximum atomic E-state index is 3.81. The normalized spacial score (nSPS) is 12.7. The molecule has 0 N–H and O–H groups in total. The molecule has 0 saturated carbocycles. The van der Waals surface area contributed by atoms with E-state index < -0.39 is 0 Å². The first kappa shape index (κ1) is 14.3. The number of hydrogen-bond donors (Lipinski definition) is 0. The quantitative estimate of drug-likeness (QED) is 0.557. The molecule has 2 aromatic rings. The predicted octanol–water partition coefficient (Wildman–Crippen LogP) is 6.11. The van der Waals surface area contributed by atoms with Crippen molar-refractivity contribution in [1.82, 2.24) is 0 Å². The third-order valence-electron chi connectivity index (χ3n) is 3.11. The number of benzene rings is 1. The zero-order valence-electron chi connectivity index (χ0n) is 10.8. The van der Waals surface area contributed by atoms with Gasteiger partial charge in [-0.1, -0.05) is 34.1 Å². The van der Waals surface area contributed by atoms with E-state index >= 15 is 0 Å². The number of halogens is 2. The van der Waals surface area contributed by atoms with Crippen LogP contribution in [0.15, 0.2) is 28.7 Å². The number of aryl methyl sites for hydroxylation is 3. The molecule has 0 aliphatic rings. The number of thiophene rings is 1. The van der Waals surface area contributed by atoms with E-state index in [2.05, 4.69) is 76.9 Å². The molecule has 1 atom stereocenters. The van der Waals surface area contributed by atoms with Crippen LogP contribution in [0.3, 0.4) is 0 Å². The summed E-state index contributed by atoms with van der Waals surface area (Å²) in [6.07, 6.45) is 1.03. The van der Waals surface area contributed by atoms with Crippen LogP contribution in [0.4, 0.5) is 0 Å². The third kappa shape index (κ3) is 3.25. The van der Waals surface area contributed by atoms with Crippen LogP contribution < -0.4 is 0 Å². The molecule has 0 spiro atoms. The molecule has 0 fully saturated rings. The molecule has 0 radical (unpaired) electrons. The summed E-state index contributed by atoms with van der Waals surface area (Å²) < 4.78 is 1.22. The van der Waals surface area contributed by atoms with Gasteiger partial charge in [0.1, 0.15) is 0 Å². The second-order valence-corrected chi connectivity index (χ2v) is 7.91. The summed E-state index contributed by atoms with van der Waals surface area (Å²) in [5.41, 5.74) is 4.12. The summed E-state index contributed by atoms with van der Waals surface area (Å²) >= 11 is 9.30. The van der Waals surface area contributed by atoms with Gasteiger partial charge in [0.15, 0.2) is 0 Å². The predicted molar refractivity (Wildman–Crippen MR) is 88.0 cm³/mol. The molecule has 3 heteroatoms. The van der Waals surface area contributed by atoms with Crippen LogP contribution in [0.2, 0.25) is 0 Å². The summed E-state index contributed by atoms with van der Waals surface area (Å²) in [5.74, 6) is 0. The van der Waals surface area contributed by atoms with E-state index in [4.69, 9.17) is 0 Å². The van der Waals surface area contributed by atoms with Crippen LogP contribution in [-0.2, 0) is 6.42 Å². The SMILES string of the molecule is Cc1cc(Br)c(C(Br)Cc2ccc(C)c(C)c2)s1. The smallest absolute Gasteiger partial charge is 0.0540 e. The van der Waals surface area contributed by atoms with Gasteiger partial charge in [0.25, 0.3) is 0 Å². The molecule has 0 aliphatic carbocycles. The van der Waals surface area contributed by atoms with Gasteiger partial charge in [0.05, 0.1) is 4.83 Å². The molecular formula is C15H16Br2S. The van der Waals surface area contributed by atoms with Crippen LogP contribution in [0.1, 0.15) is 31.3 Å². The van der Waals surface area contributed by atoms with Gasteiger partial charge < -0.3 is 0 Å². The Morgan fingerprint density at radius 2 is 1.83 bits per heavy atom. The Morgan fingerprint density at radius 3 is 2.39 bits per heavy atom. The van der Waals surface area contributed by atoms with Gasteiger partial charge in [-0.2, -0.15) is 0 Å². The molecule has 1 heterocycles. The standard InChI is InChI=1S/C15H16Br2S/c1-9-4-5-12(6-10(9)2)8-14(17)15-13(16)7-11(3)18-15/h4-7,14H,8H2,1-3H3. The topological polar surface area (TPSA) is 0 Å². The number of alkyl halides is 1. The third-order valence-corrected chi connectivity index (χ3v) is 6.27. The van der Waals surface area contributed by atoms with Gasteiger partial charge in [0.2, 0.25) is 0 Å². The summed E-state index contributed by atoms with van der Waals surface area (Å²) in [4.78, 5) is 3.11. The van der Waals surface area contributed by atoms with E-state index in [0.717, 1.165) is 6.42 Å². The Balaban J connectivity index is 2.18. The van der Waals surface area contributed by atoms with Gasteiger partial charge >= 0.3 is 0 Å². The Morgan fingerprint density at radius 1 is 1.11 bits per heavy atom. The highest BCUT2D eigenvalue weighted by atomic mass is 79.9. The minimum Gasteiger partial charge on any atom is -0.143 e. The Labute approximate surface area is 130 Å². The first-order valence-electron chi connectivity index (χ1n) is 5.93. The van der Waals surface area contributed by atoms with Gasteiger partial charge in [-0.05, 0) is 65.9 Å².